The van der Waals surface area contributed by atoms with Crippen molar-refractivity contribution < 1.29 is 66.5 Å². The van der Waals surface area contributed by atoms with Crippen LogP contribution < -0.4 is 20.9 Å². The third-order valence-electron chi connectivity index (χ3n) is 4.67. The van der Waals surface area contributed by atoms with E-state index in [0.717, 1.165) is 0 Å². The number of benzene rings is 3. The smallest absolute Gasteiger partial charge is 0.422 e. The quantitative estimate of drug-likeness (QED) is 0.247. The van der Waals surface area contributed by atoms with Gasteiger partial charge in [0.05, 0.1) is 16.9 Å². The number of hydrogen-bond donors (Lipinski definition) is 2. The van der Waals surface area contributed by atoms with E-state index in [1.807, 2.05) is 0 Å². The van der Waals surface area contributed by atoms with Crippen LogP contribution in [0, 0.1) is 23.3 Å². The Morgan fingerprint density at radius 1 is 0.553 bits per heavy atom. The summed E-state index contributed by atoms with van der Waals surface area (Å²) in [6, 6.07) is 0.0565. The van der Waals surface area contributed by atoms with Crippen molar-refractivity contribution in [3.8, 4) is 23.0 Å². The molecule has 0 unspecified atom stereocenters. The van der Waals surface area contributed by atoms with E-state index in [9.17, 15) is 57.1 Å². The first-order valence-corrected chi connectivity index (χ1v) is 9.49. The monoisotopic (exact) mass is 568 g/mol. The molecule has 0 aliphatic carbocycles. The van der Waals surface area contributed by atoms with Crippen LogP contribution in [-0.2, 0) is 18.5 Å². The van der Waals surface area contributed by atoms with Gasteiger partial charge in [-0.1, -0.05) is 0 Å². The Kier molecular flexibility index (Phi) is 7.02. The highest BCUT2D eigenvalue weighted by Crippen LogP contribution is 2.48. The van der Waals surface area contributed by atoms with Crippen molar-refractivity contribution in [3.63, 3.8) is 0 Å². The van der Waals surface area contributed by atoms with E-state index >= 15 is 0 Å². The van der Waals surface area contributed by atoms with Crippen molar-refractivity contribution in [2.75, 3.05) is 11.5 Å². The summed E-state index contributed by atoms with van der Waals surface area (Å²) < 4.78 is 186. The third-order valence-corrected chi connectivity index (χ3v) is 4.67. The SMILES string of the molecule is Nc1cc(F)c(F)c(Oc2ccc(C(F)(F)F)c(Oc3c(F)c(F)cc(N)c3C(F)(F)F)c2)c1C(F)(F)F. The van der Waals surface area contributed by atoms with Crippen LogP contribution in [0.5, 0.6) is 23.0 Å². The predicted molar refractivity (Wildman–Crippen MR) is 103 cm³/mol. The average molecular weight is 568 g/mol. The fourth-order valence-corrected chi connectivity index (χ4v) is 3.13. The summed E-state index contributed by atoms with van der Waals surface area (Å²) in [5.41, 5.74) is 0.984. The zero-order valence-electron chi connectivity index (χ0n) is 17.8. The molecule has 3 rings (SSSR count). The molecule has 0 saturated heterocycles. The summed E-state index contributed by atoms with van der Waals surface area (Å²) >= 11 is 0. The van der Waals surface area contributed by atoms with E-state index in [1.54, 1.807) is 0 Å². The number of alkyl halides is 9. The largest absolute Gasteiger partial charge is 0.453 e. The fraction of sp³-hybridized carbons (Fsp3) is 0.143. The molecule has 0 bridgehead atoms. The van der Waals surface area contributed by atoms with Crippen molar-refractivity contribution >= 4 is 11.4 Å². The van der Waals surface area contributed by atoms with Gasteiger partial charge < -0.3 is 20.9 Å². The molecule has 0 aromatic heterocycles. The topological polar surface area (TPSA) is 70.5 Å². The van der Waals surface area contributed by atoms with E-state index in [0.29, 0.717) is 0 Å². The molecule has 0 spiro atoms. The van der Waals surface area contributed by atoms with Crippen molar-refractivity contribution in [1.29, 1.82) is 0 Å². The molecule has 0 aliphatic heterocycles. The van der Waals surface area contributed by atoms with Gasteiger partial charge in [0.15, 0.2) is 23.1 Å². The van der Waals surface area contributed by atoms with Crippen LogP contribution in [0.25, 0.3) is 0 Å². The maximum absolute atomic E-state index is 14.3. The summed E-state index contributed by atoms with van der Waals surface area (Å²) in [4.78, 5) is 0. The van der Waals surface area contributed by atoms with Crippen LogP contribution in [0.4, 0.5) is 68.5 Å². The maximum atomic E-state index is 14.3. The standard InChI is InChI=1S/C21H9F13N2O2/c22-8-4-10(35)13(20(29,30)31)17(15(8)24)37-6-1-2-7(19(26,27)28)12(3-6)38-18-14(21(32,33)34)11(36)5-9(23)16(18)25/h1-5H,35-36H2. The number of nitrogen functional groups attached to an aromatic ring is 2. The van der Waals surface area contributed by atoms with Gasteiger partial charge in [0.1, 0.15) is 22.6 Å². The Bertz CT molecular complexity index is 1400. The molecule has 4 nitrogen and oxygen atoms in total. The number of nitrogens with two attached hydrogens (primary N) is 2. The molecule has 206 valence electrons. The molecule has 38 heavy (non-hydrogen) atoms. The zero-order chi connectivity index (χ0) is 29.0. The molecule has 0 heterocycles. The average Bonchev–Trinajstić information content (AvgIpc) is 2.72. The summed E-state index contributed by atoms with van der Waals surface area (Å²) in [7, 11) is 0. The lowest BCUT2D eigenvalue weighted by Gasteiger charge is -2.20. The van der Waals surface area contributed by atoms with Crippen molar-refractivity contribution in [1.82, 2.24) is 0 Å². The number of rotatable bonds is 4. The van der Waals surface area contributed by atoms with Gasteiger partial charge in [-0.25, -0.2) is 8.78 Å². The van der Waals surface area contributed by atoms with Gasteiger partial charge in [0.25, 0.3) is 0 Å². The lowest BCUT2D eigenvalue weighted by molar-refractivity contribution is -0.140. The van der Waals surface area contributed by atoms with Crippen molar-refractivity contribution in [3.05, 3.63) is 70.3 Å². The molecule has 0 aliphatic rings. The first-order valence-electron chi connectivity index (χ1n) is 9.49. The van der Waals surface area contributed by atoms with Crippen LogP contribution in [-0.4, -0.2) is 0 Å². The summed E-state index contributed by atoms with van der Waals surface area (Å²) in [6.45, 7) is 0. The maximum Gasteiger partial charge on any atom is 0.422 e. The summed E-state index contributed by atoms with van der Waals surface area (Å²) in [5.74, 6) is -15.8. The van der Waals surface area contributed by atoms with Crippen molar-refractivity contribution in [2.45, 2.75) is 18.5 Å². The molecule has 0 atom stereocenters. The number of ether oxygens (including phenoxy) is 2. The second-order valence-corrected chi connectivity index (χ2v) is 7.29. The minimum Gasteiger partial charge on any atom is -0.453 e. The molecule has 0 fully saturated rings. The minimum atomic E-state index is -5.59. The van der Waals surface area contributed by atoms with Gasteiger partial charge in [-0.15, -0.1) is 0 Å². The highest BCUT2D eigenvalue weighted by Gasteiger charge is 2.42. The lowest BCUT2D eigenvalue weighted by atomic mass is 10.1. The Morgan fingerprint density at radius 2 is 0.974 bits per heavy atom. The second kappa shape index (κ2) is 9.36. The van der Waals surface area contributed by atoms with Crippen LogP contribution in [0.2, 0.25) is 0 Å². The van der Waals surface area contributed by atoms with E-state index in [4.69, 9.17) is 11.5 Å². The molecule has 0 radical (unpaired) electrons. The third kappa shape index (κ3) is 5.45. The number of halogens is 13. The molecular formula is C21H9F13N2O2. The van der Waals surface area contributed by atoms with Gasteiger partial charge in [0.2, 0.25) is 11.6 Å². The summed E-state index contributed by atoms with van der Waals surface area (Å²) in [5, 5.41) is 0. The minimum absolute atomic E-state index is 0.00763. The lowest BCUT2D eigenvalue weighted by Crippen LogP contribution is -2.15. The van der Waals surface area contributed by atoms with Crippen molar-refractivity contribution in [2.24, 2.45) is 0 Å². The van der Waals surface area contributed by atoms with Gasteiger partial charge >= 0.3 is 18.5 Å². The fourth-order valence-electron chi connectivity index (χ4n) is 3.13. The summed E-state index contributed by atoms with van der Waals surface area (Å²) in [6.07, 6.45) is -16.5. The van der Waals surface area contributed by atoms with Gasteiger partial charge in [0, 0.05) is 18.2 Å². The van der Waals surface area contributed by atoms with Crippen LogP contribution in [0.15, 0.2) is 30.3 Å². The van der Waals surface area contributed by atoms with Gasteiger partial charge in [-0.05, 0) is 12.1 Å². The Morgan fingerprint density at radius 3 is 1.37 bits per heavy atom. The second-order valence-electron chi connectivity index (χ2n) is 7.29. The van der Waals surface area contributed by atoms with E-state index in [-0.39, 0.29) is 30.3 Å². The van der Waals surface area contributed by atoms with Crippen LogP contribution in [0.3, 0.4) is 0 Å². The molecular weight excluding hydrogens is 559 g/mol. The molecule has 3 aromatic carbocycles. The van der Waals surface area contributed by atoms with E-state index in [2.05, 4.69) is 9.47 Å². The molecule has 0 amide bonds. The van der Waals surface area contributed by atoms with Gasteiger partial charge in [-0.2, -0.15) is 48.3 Å². The molecule has 17 heteroatoms. The highest BCUT2D eigenvalue weighted by molar-refractivity contribution is 5.60. The molecule has 3 aromatic rings. The van der Waals surface area contributed by atoms with E-state index < -0.39 is 92.9 Å². The van der Waals surface area contributed by atoms with Crippen LogP contribution >= 0.6 is 0 Å². The first-order chi connectivity index (χ1) is 17.2. The predicted octanol–water partition coefficient (Wildman–Crippen LogP) is 8.05. The number of hydrogen-bond acceptors (Lipinski definition) is 4. The van der Waals surface area contributed by atoms with Crippen LogP contribution in [0.1, 0.15) is 16.7 Å². The number of anilines is 2. The molecule has 0 saturated carbocycles. The highest BCUT2D eigenvalue weighted by atomic mass is 19.4. The Balaban J connectivity index is 2.25. The zero-order valence-corrected chi connectivity index (χ0v) is 17.8. The first kappa shape index (κ1) is 28.5. The normalized spacial score (nSPS) is 12.6. The molecule has 4 N–H and O–H groups in total. The Labute approximate surface area is 202 Å². The Hall–Kier alpha value is -4.05. The van der Waals surface area contributed by atoms with E-state index in [1.165, 1.54) is 0 Å². The van der Waals surface area contributed by atoms with Gasteiger partial charge in [-0.3, -0.25) is 0 Å².